The average molecular weight is 244 g/mol. The third-order valence-electron chi connectivity index (χ3n) is 3.82. The zero-order chi connectivity index (χ0) is 13.2. The Morgan fingerprint density at radius 1 is 1.24 bits per heavy atom. The topological polar surface area (TPSA) is 15.3 Å². The van der Waals surface area contributed by atoms with Crippen molar-refractivity contribution >= 4 is 0 Å². The summed E-state index contributed by atoms with van der Waals surface area (Å²) >= 11 is 0. The van der Waals surface area contributed by atoms with Crippen LogP contribution in [0.3, 0.4) is 0 Å². The third-order valence-corrected chi connectivity index (χ3v) is 3.82. The first-order valence-electron chi connectivity index (χ1n) is 6.87. The van der Waals surface area contributed by atoms with Gasteiger partial charge in [-0.05, 0) is 39.2 Å². The molecular weight excluding hydrogens is 215 g/mol. The lowest BCUT2D eigenvalue weighted by molar-refractivity contribution is 0.00941. The molecule has 102 valence electrons. The SMILES string of the molecule is CC(F)C1CNCCC(C(C)(C)C)N1C(C)C. The summed E-state index contributed by atoms with van der Waals surface area (Å²) in [5.74, 6) is 0. The van der Waals surface area contributed by atoms with E-state index in [1.807, 2.05) is 0 Å². The number of nitrogens with one attached hydrogen (secondary N) is 1. The lowest BCUT2D eigenvalue weighted by Gasteiger charge is -2.45. The Labute approximate surface area is 106 Å². The molecule has 0 aromatic carbocycles. The molecule has 0 spiro atoms. The molecule has 1 aliphatic rings. The molecule has 3 unspecified atom stereocenters. The summed E-state index contributed by atoms with van der Waals surface area (Å²) in [5.41, 5.74) is 0.198. The van der Waals surface area contributed by atoms with Crippen molar-refractivity contribution in [2.45, 2.75) is 72.3 Å². The molecule has 1 saturated heterocycles. The Morgan fingerprint density at radius 3 is 2.24 bits per heavy atom. The van der Waals surface area contributed by atoms with Crippen LogP contribution >= 0.6 is 0 Å². The van der Waals surface area contributed by atoms with Crippen LogP contribution < -0.4 is 5.32 Å². The Kier molecular flexibility index (Phi) is 4.96. The molecule has 0 amide bonds. The summed E-state index contributed by atoms with van der Waals surface area (Å²) in [6.07, 6.45) is 0.318. The van der Waals surface area contributed by atoms with Crippen molar-refractivity contribution in [3.8, 4) is 0 Å². The fraction of sp³-hybridized carbons (Fsp3) is 1.00. The number of hydrogen-bond donors (Lipinski definition) is 1. The van der Waals surface area contributed by atoms with Gasteiger partial charge in [0, 0.05) is 18.6 Å². The second-order valence-electron chi connectivity index (χ2n) is 6.66. The summed E-state index contributed by atoms with van der Waals surface area (Å²) in [6, 6.07) is 0.838. The van der Waals surface area contributed by atoms with E-state index in [4.69, 9.17) is 0 Å². The van der Waals surface area contributed by atoms with E-state index < -0.39 is 6.17 Å². The van der Waals surface area contributed by atoms with Crippen LogP contribution in [0.15, 0.2) is 0 Å². The van der Waals surface area contributed by atoms with Gasteiger partial charge in [0.25, 0.3) is 0 Å². The van der Waals surface area contributed by atoms with Crippen LogP contribution in [0.1, 0.15) is 48.0 Å². The van der Waals surface area contributed by atoms with Gasteiger partial charge in [-0.2, -0.15) is 0 Å². The fourth-order valence-electron chi connectivity index (χ4n) is 3.00. The molecule has 3 heteroatoms. The third kappa shape index (κ3) is 3.65. The molecule has 0 aromatic heterocycles. The number of alkyl halides is 1. The average Bonchev–Trinajstić information content (AvgIpc) is 2.37. The molecule has 0 radical (unpaired) electrons. The lowest BCUT2D eigenvalue weighted by atomic mass is 9.82. The normalized spacial score (nSPS) is 30.4. The maximum absolute atomic E-state index is 13.9. The van der Waals surface area contributed by atoms with Gasteiger partial charge in [0.2, 0.25) is 0 Å². The van der Waals surface area contributed by atoms with Gasteiger partial charge in [0.05, 0.1) is 6.04 Å². The van der Waals surface area contributed by atoms with E-state index in [9.17, 15) is 4.39 Å². The standard InChI is InChI=1S/C14H29FN2/c1-10(2)17-12(11(3)15)9-16-8-7-13(17)14(4,5)6/h10-13,16H,7-9H2,1-6H3. The van der Waals surface area contributed by atoms with Crippen LogP contribution in [0.2, 0.25) is 0 Å². The smallest absolute Gasteiger partial charge is 0.114 e. The highest BCUT2D eigenvalue weighted by Crippen LogP contribution is 2.32. The van der Waals surface area contributed by atoms with E-state index in [2.05, 4.69) is 44.8 Å². The molecule has 0 aromatic rings. The molecule has 1 aliphatic heterocycles. The highest BCUT2D eigenvalue weighted by molar-refractivity contribution is 4.94. The van der Waals surface area contributed by atoms with Gasteiger partial charge in [-0.15, -0.1) is 0 Å². The number of halogens is 1. The quantitative estimate of drug-likeness (QED) is 0.803. The van der Waals surface area contributed by atoms with Crippen molar-refractivity contribution in [1.82, 2.24) is 10.2 Å². The Morgan fingerprint density at radius 2 is 1.82 bits per heavy atom. The number of rotatable bonds is 2. The van der Waals surface area contributed by atoms with Crippen molar-refractivity contribution in [3.63, 3.8) is 0 Å². The predicted octanol–water partition coefficient (Wildman–Crippen LogP) is 2.83. The molecule has 0 bridgehead atoms. The van der Waals surface area contributed by atoms with Gasteiger partial charge in [-0.25, -0.2) is 4.39 Å². The maximum Gasteiger partial charge on any atom is 0.114 e. The molecule has 17 heavy (non-hydrogen) atoms. The zero-order valence-corrected chi connectivity index (χ0v) is 12.3. The number of nitrogens with zero attached hydrogens (tertiary/aromatic N) is 1. The van der Waals surface area contributed by atoms with E-state index >= 15 is 0 Å². The highest BCUT2D eigenvalue weighted by atomic mass is 19.1. The molecule has 0 saturated carbocycles. The van der Waals surface area contributed by atoms with E-state index in [-0.39, 0.29) is 11.5 Å². The van der Waals surface area contributed by atoms with Gasteiger partial charge in [0.1, 0.15) is 6.17 Å². The summed E-state index contributed by atoms with van der Waals surface area (Å²) in [5, 5.41) is 3.38. The molecule has 3 atom stereocenters. The monoisotopic (exact) mass is 244 g/mol. The summed E-state index contributed by atoms with van der Waals surface area (Å²) < 4.78 is 13.9. The molecule has 1 fully saturated rings. The van der Waals surface area contributed by atoms with Gasteiger partial charge < -0.3 is 5.32 Å². The van der Waals surface area contributed by atoms with E-state index in [0.717, 1.165) is 19.5 Å². The second-order valence-corrected chi connectivity index (χ2v) is 6.66. The summed E-state index contributed by atoms with van der Waals surface area (Å²) in [4.78, 5) is 2.39. The van der Waals surface area contributed by atoms with Crippen LogP contribution in [-0.2, 0) is 0 Å². The van der Waals surface area contributed by atoms with Crippen LogP contribution in [0, 0.1) is 5.41 Å². The summed E-state index contributed by atoms with van der Waals surface area (Å²) in [7, 11) is 0. The maximum atomic E-state index is 13.9. The minimum atomic E-state index is -0.784. The second kappa shape index (κ2) is 5.66. The van der Waals surface area contributed by atoms with Crippen molar-refractivity contribution in [1.29, 1.82) is 0 Å². The molecule has 2 nitrogen and oxygen atoms in total. The van der Waals surface area contributed by atoms with Crippen molar-refractivity contribution in [3.05, 3.63) is 0 Å². The first kappa shape index (κ1) is 14.9. The van der Waals surface area contributed by atoms with E-state index in [1.54, 1.807) is 6.92 Å². The minimum Gasteiger partial charge on any atom is -0.315 e. The van der Waals surface area contributed by atoms with Crippen molar-refractivity contribution in [2.75, 3.05) is 13.1 Å². The molecule has 0 aliphatic carbocycles. The first-order valence-corrected chi connectivity index (χ1v) is 6.87. The van der Waals surface area contributed by atoms with Crippen molar-refractivity contribution in [2.24, 2.45) is 5.41 Å². The fourth-order valence-corrected chi connectivity index (χ4v) is 3.00. The number of hydrogen-bond acceptors (Lipinski definition) is 2. The van der Waals surface area contributed by atoms with E-state index in [0.29, 0.717) is 12.1 Å². The van der Waals surface area contributed by atoms with Gasteiger partial charge >= 0.3 is 0 Å². The summed E-state index contributed by atoms with van der Waals surface area (Å²) in [6.45, 7) is 14.6. The van der Waals surface area contributed by atoms with E-state index in [1.165, 1.54) is 0 Å². The molecule has 1 N–H and O–H groups in total. The Hall–Kier alpha value is -0.150. The predicted molar refractivity (Wildman–Crippen MR) is 72.1 cm³/mol. The zero-order valence-electron chi connectivity index (χ0n) is 12.3. The van der Waals surface area contributed by atoms with Crippen LogP contribution in [-0.4, -0.2) is 42.3 Å². The van der Waals surface area contributed by atoms with Crippen LogP contribution in [0.25, 0.3) is 0 Å². The Bertz CT molecular complexity index is 233. The van der Waals surface area contributed by atoms with Crippen LogP contribution in [0.4, 0.5) is 4.39 Å². The molecule has 1 heterocycles. The minimum absolute atomic E-state index is 0.00160. The Balaban J connectivity index is 3.00. The van der Waals surface area contributed by atoms with Gasteiger partial charge in [0.15, 0.2) is 0 Å². The largest absolute Gasteiger partial charge is 0.315 e. The van der Waals surface area contributed by atoms with Gasteiger partial charge in [-0.3, -0.25) is 4.90 Å². The van der Waals surface area contributed by atoms with Crippen molar-refractivity contribution < 1.29 is 4.39 Å². The van der Waals surface area contributed by atoms with Gasteiger partial charge in [-0.1, -0.05) is 20.8 Å². The van der Waals surface area contributed by atoms with Crippen LogP contribution in [0.5, 0.6) is 0 Å². The highest BCUT2D eigenvalue weighted by Gasteiger charge is 2.39. The molecular formula is C14H29FN2. The molecule has 1 rings (SSSR count). The first-order chi connectivity index (χ1) is 7.75. The lowest BCUT2D eigenvalue weighted by Crippen LogP contribution is -2.55.